The number of hydrogen-bond donors (Lipinski definition) is 1. The summed E-state index contributed by atoms with van der Waals surface area (Å²) in [6, 6.07) is 2.13. The molecule has 3 rings (SSSR count). The Kier molecular flexibility index (Phi) is 6.58. The molecular weight excluding hydrogens is 355 g/mol. The maximum absolute atomic E-state index is 14.2. The molecule has 1 N–H and O–H groups in total. The molecule has 1 saturated carbocycles. The zero-order valence-electron chi connectivity index (χ0n) is 17.8. The lowest BCUT2D eigenvalue weighted by molar-refractivity contribution is 0.0953. The molecule has 2 heterocycles. The van der Waals surface area contributed by atoms with E-state index in [1.807, 2.05) is 0 Å². The third-order valence-corrected chi connectivity index (χ3v) is 7.47. The van der Waals surface area contributed by atoms with Crippen LogP contribution in [0.25, 0.3) is 0 Å². The smallest absolute Gasteiger partial charge is 0.272 e. The molecule has 156 valence electrons. The van der Waals surface area contributed by atoms with E-state index < -0.39 is 11.7 Å². The minimum absolute atomic E-state index is 0.142. The summed E-state index contributed by atoms with van der Waals surface area (Å²) in [5.41, 5.74) is 1.10. The predicted molar refractivity (Wildman–Crippen MR) is 111 cm³/mol. The highest BCUT2D eigenvalue weighted by Crippen LogP contribution is 2.45. The Hall–Kier alpha value is -1.69. The zero-order valence-corrected chi connectivity index (χ0v) is 17.8. The molecule has 6 heteroatoms. The van der Waals surface area contributed by atoms with Crippen LogP contribution in [-0.4, -0.2) is 55.1 Å². The van der Waals surface area contributed by atoms with Crippen molar-refractivity contribution in [2.24, 2.45) is 11.3 Å². The van der Waals surface area contributed by atoms with Crippen molar-refractivity contribution < 1.29 is 9.18 Å². The van der Waals surface area contributed by atoms with Gasteiger partial charge in [-0.15, -0.1) is 0 Å². The molecule has 2 unspecified atom stereocenters. The largest absolute Gasteiger partial charge is 0.368 e. The first-order valence-electron chi connectivity index (χ1n) is 10.8. The van der Waals surface area contributed by atoms with Gasteiger partial charge in [-0.05, 0) is 30.6 Å². The molecular formula is C22H35FN4O. The molecule has 1 aliphatic heterocycles. The Morgan fingerprint density at radius 3 is 2.50 bits per heavy atom. The van der Waals surface area contributed by atoms with Crippen molar-refractivity contribution in [3.63, 3.8) is 0 Å². The average Bonchev–Trinajstić information content (AvgIpc) is 3.23. The van der Waals surface area contributed by atoms with E-state index in [2.05, 4.69) is 40.9 Å². The highest BCUT2D eigenvalue weighted by atomic mass is 19.1. The normalized spacial score (nSPS) is 23.8. The van der Waals surface area contributed by atoms with E-state index in [1.165, 1.54) is 45.2 Å². The summed E-state index contributed by atoms with van der Waals surface area (Å²) in [6.45, 7) is 10.9. The first-order valence-corrected chi connectivity index (χ1v) is 10.8. The molecule has 1 aromatic heterocycles. The molecule has 0 bridgehead atoms. The number of nitrogens with one attached hydrogen (secondary N) is 1. The number of aromatic nitrogens is 1. The minimum Gasteiger partial charge on any atom is -0.368 e. The summed E-state index contributed by atoms with van der Waals surface area (Å²) in [6.07, 6.45) is 8.10. The number of carbonyl (C=O) groups excluding carboxylic acids is 1. The minimum atomic E-state index is -0.559. The third-order valence-electron chi connectivity index (χ3n) is 7.47. The van der Waals surface area contributed by atoms with Gasteiger partial charge < -0.3 is 10.2 Å². The molecule has 1 aliphatic carbocycles. The van der Waals surface area contributed by atoms with Crippen LogP contribution in [0.2, 0.25) is 0 Å². The fourth-order valence-corrected chi connectivity index (χ4v) is 4.98. The molecule has 2 fully saturated rings. The average molecular weight is 391 g/mol. The number of amides is 1. The fourth-order valence-electron chi connectivity index (χ4n) is 4.98. The maximum Gasteiger partial charge on any atom is 0.272 e. The van der Waals surface area contributed by atoms with E-state index in [9.17, 15) is 9.18 Å². The van der Waals surface area contributed by atoms with Gasteiger partial charge in [0.05, 0.1) is 11.9 Å². The second-order valence-corrected chi connectivity index (χ2v) is 8.65. The molecule has 1 aromatic rings. The lowest BCUT2D eigenvalue weighted by atomic mass is 9.72. The van der Waals surface area contributed by atoms with Crippen LogP contribution >= 0.6 is 0 Å². The summed E-state index contributed by atoms with van der Waals surface area (Å²) >= 11 is 0. The Balaban J connectivity index is 1.57. The van der Waals surface area contributed by atoms with Crippen molar-refractivity contribution in [1.29, 1.82) is 0 Å². The van der Waals surface area contributed by atoms with E-state index in [4.69, 9.17) is 0 Å². The second-order valence-electron chi connectivity index (χ2n) is 8.65. The van der Waals surface area contributed by atoms with Crippen LogP contribution in [0.1, 0.15) is 63.4 Å². The Morgan fingerprint density at radius 2 is 1.93 bits per heavy atom. The van der Waals surface area contributed by atoms with Crippen molar-refractivity contribution in [3.05, 3.63) is 23.8 Å². The molecule has 0 radical (unpaired) electrons. The molecule has 1 saturated heterocycles. The van der Waals surface area contributed by atoms with Crippen molar-refractivity contribution >= 4 is 11.6 Å². The van der Waals surface area contributed by atoms with Gasteiger partial charge in [0.1, 0.15) is 0 Å². The SMILES string of the molecule is CCC(C)(CC)C1CCC(N2CCN(c3cnc(C(=O)NC)c(F)c3)CC2)C1. The lowest BCUT2D eigenvalue weighted by Gasteiger charge is -2.40. The summed E-state index contributed by atoms with van der Waals surface area (Å²) in [5, 5.41) is 2.42. The van der Waals surface area contributed by atoms with Crippen molar-refractivity contribution in [2.75, 3.05) is 38.1 Å². The fraction of sp³-hybridized carbons (Fsp3) is 0.727. The molecule has 2 aliphatic rings. The van der Waals surface area contributed by atoms with Crippen LogP contribution in [0.4, 0.5) is 10.1 Å². The number of hydrogen-bond acceptors (Lipinski definition) is 4. The van der Waals surface area contributed by atoms with Crippen LogP contribution in [0.3, 0.4) is 0 Å². The molecule has 28 heavy (non-hydrogen) atoms. The van der Waals surface area contributed by atoms with E-state index >= 15 is 0 Å². The Morgan fingerprint density at radius 1 is 1.25 bits per heavy atom. The Bertz CT molecular complexity index is 683. The van der Waals surface area contributed by atoms with Gasteiger partial charge in [0.25, 0.3) is 5.91 Å². The van der Waals surface area contributed by atoms with Gasteiger partial charge in [-0.25, -0.2) is 9.37 Å². The van der Waals surface area contributed by atoms with Crippen LogP contribution in [0.15, 0.2) is 12.3 Å². The van der Waals surface area contributed by atoms with Crippen molar-refractivity contribution in [2.45, 2.75) is 58.9 Å². The molecule has 2 atom stereocenters. The van der Waals surface area contributed by atoms with Crippen LogP contribution in [0, 0.1) is 17.2 Å². The number of rotatable bonds is 6. The van der Waals surface area contributed by atoms with Crippen molar-refractivity contribution in [3.8, 4) is 0 Å². The number of piperazine rings is 1. The van der Waals surface area contributed by atoms with E-state index in [-0.39, 0.29) is 5.69 Å². The van der Waals surface area contributed by atoms with Gasteiger partial charge in [-0.3, -0.25) is 9.69 Å². The van der Waals surface area contributed by atoms with Crippen LogP contribution in [-0.2, 0) is 0 Å². The van der Waals surface area contributed by atoms with Crippen LogP contribution < -0.4 is 10.2 Å². The number of carbonyl (C=O) groups is 1. The van der Waals surface area contributed by atoms with Gasteiger partial charge >= 0.3 is 0 Å². The molecule has 0 spiro atoms. The van der Waals surface area contributed by atoms with E-state index in [1.54, 1.807) is 6.20 Å². The monoisotopic (exact) mass is 390 g/mol. The lowest BCUT2D eigenvalue weighted by Crippen LogP contribution is -2.50. The number of nitrogens with zero attached hydrogens (tertiary/aromatic N) is 3. The molecule has 5 nitrogen and oxygen atoms in total. The van der Waals surface area contributed by atoms with Gasteiger partial charge in [0, 0.05) is 45.3 Å². The third kappa shape index (κ3) is 4.17. The van der Waals surface area contributed by atoms with Gasteiger partial charge in [0.15, 0.2) is 11.5 Å². The number of pyridine rings is 1. The molecule has 0 aromatic carbocycles. The predicted octanol–water partition coefficient (Wildman–Crippen LogP) is 3.70. The summed E-state index contributed by atoms with van der Waals surface area (Å²) in [4.78, 5) is 20.5. The first kappa shape index (κ1) is 21.0. The second kappa shape index (κ2) is 8.76. The zero-order chi connectivity index (χ0) is 20.3. The topological polar surface area (TPSA) is 48.5 Å². The first-order chi connectivity index (χ1) is 13.4. The van der Waals surface area contributed by atoms with E-state index in [0.29, 0.717) is 11.5 Å². The summed E-state index contributed by atoms with van der Waals surface area (Å²) in [7, 11) is 1.48. The summed E-state index contributed by atoms with van der Waals surface area (Å²) in [5.74, 6) is -0.215. The molecule has 1 amide bonds. The number of halogens is 1. The maximum atomic E-state index is 14.2. The Labute approximate surface area is 168 Å². The quantitative estimate of drug-likeness (QED) is 0.805. The van der Waals surface area contributed by atoms with Crippen LogP contribution in [0.5, 0.6) is 0 Å². The highest BCUT2D eigenvalue weighted by Gasteiger charge is 2.39. The summed E-state index contributed by atoms with van der Waals surface area (Å²) < 4.78 is 14.2. The number of anilines is 1. The van der Waals surface area contributed by atoms with Gasteiger partial charge in [0.2, 0.25) is 0 Å². The van der Waals surface area contributed by atoms with Gasteiger partial charge in [-0.2, -0.15) is 0 Å². The van der Waals surface area contributed by atoms with E-state index in [0.717, 1.165) is 37.8 Å². The standard InChI is InChI=1S/C22H35FN4O/c1-5-22(3,6-2)16-7-8-17(13-16)26-9-11-27(12-10-26)18-14-19(23)20(25-15-18)21(28)24-4/h14-17H,5-13H2,1-4H3,(H,24,28). The van der Waals surface area contributed by atoms with Gasteiger partial charge in [-0.1, -0.05) is 33.6 Å². The van der Waals surface area contributed by atoms with Crippen molar-refractivity contribution in [1.82, 2.24) is 15.2 Å². The highest BCUT2D eigenvalue weighted by molar-refractivity contribution is 5.92.